The van der Waals surface area contributed by atoms with Crippen LogP contribution >= 0.6 is 0 Å². The van der Waals surface area contributed by atoms with Gasteiger partial charge in [-0.3, -0.25) is 0 Å². The molecule has 1 fully saturated rings. The van der Waals surface area contributed by atoms with Gasteiger partial charge in [0.2, 0.25) is 11.2 Å². The Morgan fingerprint density at radius 1 is 1.38 bits per heavy atom. The Morgan fingerprint density at radius 2 is 2.04 bits per heavy atom. The van der Waals surface area contributed by atoms with Gasteiger partial charge < -0.3 is 14.3 Å². The third-order valence-electron chi connectivity index (χ3n) is 4.53. The summed E-state index contributed by atoms with van der Waals surface area (Å²) in [5.74, 6) is -1.27. The van der Waals surface area contributed by atoms with Crippen molar-refractivity contribution in [3.05, 3.63) is 12.7 Å². The lowest BCUT2D eigenvalue weighted by molar-refractivity contribution is -0.194. The molecule has 134 valence electrons. The number of carbonyl (C=O) groups excluding carboxylic acids is 2. The molecule has 0 amide bonds. The maximum Gasteiger partial charge on any atom is 0.355 e. The maximum atomic E-state index is 12.9. The lowest BCUT2D eigenvalue weighted by atomic mass is 9.76. The Morgan fingerprint density at radius 3 is 2.62 bits per heavy atom. The first-order chi connectivity index (χ1) is 11.0. The van der Waals surface area contributed by atoms with Crippen LogP contribution in [0, 0.1) is 11.3 Å². The van der Waals surface area contributed by atoms with Gasteiger partial charge in [0.1, 0.15) is 6.61 Å². The summed E-state index contributed by atoms with van der Waals surface area (Å²) in [5.41, 5.74) is -1.81. The average Bonchev–Trinajstić information content (AvgIpc) is 3.02. The first-order valence-corrected chi connectivity index (χ1v) is 8.33. The van der Waals surface area contributed by atoms with Crippen molar-refractivity contribution in [3.63, 3.8) is 0 Å². The fraction of sp³-hybridized carbons (Fsp3) is 0.722. The molecule has 1 aliphatic heterocycles. The van der Waals surface area contributed by atoms with Crippen molar-refractivity contribution < 1.29 is 23.9 Å². The smallest absolute Gasteiger partial charge is 0.355 e. The molecule has 6 heteroatoms. The first kappa shape index (κ1) is 18.5. The van der Waals surface area contributed by atoms with Gasteiger partial charge in [-0.05, 0) is 26.7 Å². The van der Waals surface area contributed by atoms with Crippen LogP contribution in [0.3, 0.4) is 0 Å². The maximum absolute atomic E-state index is 12.9. The van der Waals surface area contributed by atoms with E-state index in [0.29, 0.717) is 6.42 Å². The highest BCUT2D eigenvalue weighted by Crippen LogP contribution is 2.48. The summed E-state index contributed by atoms with van der Waals surface area (Å²) in [4.78, 5) is 30.6. The summed E-state index contributed by atoms with van der Waals surface area (Å²) in [7, 11) is 0. The minimum atomic E-state index is -1.39. The number of fused-ring (bicyclic) bond motifs is 1. The molecule has 0 radical (unpaired) electrons. The Kier molecular flexibility index (Phi) is 4.79. The van der Waals surface area contributed by atoms with E-state index < -0.39 is 23.1 Å². The summed E-state index contributed by atoms with van der Waals surface area (Å²) in [6.45, 7) is 12.7. The lowest BCUT2D eigenvalue weighted by Crippen LogP contribution is -2.50. The van der Waals surface area contributed by atoms with E-state index >= 15 is 0 Å². The monoisotopic (exact) mass is 337 g/mol. The van der Waals surface area contributed by atoms with Crippen LogP contribution in [0.5, 0.6) is 0 Å². The molecule has 2 unspecified atom stereocenters. The van der Waals surface area contributed by atoms with E-state index in [1.54, 1.807) is 0 Å². The van der Waals surface area contributed by atoms with Crippen LogP contribution in [0.2, 0.25) is 0 Å². The van der Waals surface area contributed by atoms with E-state index in [1.807, 2.05) is 20.8 Å². The summed E-state index contributed by atoms with van der Waals surface area (Å²) < 4.78 is 10.5. The number of oxime groups is 1. The van der Waals surface area contributed by atoms with Gasteiger partial charge in [-0.25, -0.2) is 9.59 Å². The van der Waals surface area contributed by atoms with Crippen molar-refractivity contribution in [1.82, 2.24) is 0 Å². The van der Waals surface area contributed by atoms with Gasteiger partial charge in [0.05, 0.1) is 11.6 Å². The minimum absolute atomic E-state index is 0.0708. The van der Waals surface area contributed by atoms with Gasteiger partial charge in [0.25, 0.3) is 0 Å². The highest BCUT2D eigenvalue weighted by molar-refractivity contribution is 5.99. The average molecular weight is 337 g/mol. The Labute approximate surface area is 143 Å². The van der Waals surface area contributed by atoms with Gasteiger partial charge in [-0.15, -0.1) is 0 Å². The van der Waals surface area contributed by atoms with E-state index in [9.17, 15) is 9.59 Å². The molecule has 0 aromatic rings. The lowest BCUT2D eigenvalue weighted by Gasteiger charge is -2.31. The highest BCUT2D eigenvalue weighted by atomic mass is 16.7. The summed E-state index contributed by atoms with van der Waals surface area (Å²) >= 11 is 0. The van der Waals surface area contributed by atoms with E-state index in [0.717, 1.165) is 18.6 Å². The molecule has 2 atom stereocenters. The molecule has 0 aromatic heterocycles. The third kappa shape index (κ3) is 3.19. The molecule has 0 saturated heterocycles. The number of esters is 2. The molecule has 0 N–H and O–H groups in total. The number of ether oxygens (including phenoxy) is 2. The quantitative estimate of drug-likeness (QED) is 0.569. The van der Waals surface area contributed by atoms with Crippen LogP contribution in [0.4, 0.5) is 0 Å². The molecule has 1 aliphatic carbocycles. The third-order valence-corrected chi connectivity index (χ3v) is 4.53. The normalized spacial score (nSPS) is 26.2. The van der Waals surface area contributed by atoms with Crippen molar-refractivity contribution in [2.24, 2.45) is 16.5 Å². The van der Waals surface area contributed by atoms with Gasteiger partial charge in [0.15, 0.2) is 0 Å². The number of carbonyl (C=O) groups is 2. The standard InChI is InChI=1S/C18H27NO5/c1-7-11-22-14(20)17(5,6)23-15(21)18-10-8-9-12(18)13(19-24-18)16(2,3)4/h7,12H,1,8-11H2,2-6H3. The van der Waals surface area contributed by atoms with Gasteiger partial charge in [-0.1, -0.05) is 38.6 Å². The second-order valence-corrected chi connectivity index (χ2v) is 7.94. The second kappa shape index (κ2) is 6.22. The highest BCUT2D eigenvalue weighted by Gasteiger charge is 2.61. The van der Waals surface area contributed by atoms with Crippen LogP contribution in [-0.2, 0) is 23.9 Å². The molecule has 0 spiro atoms. The summed E-state index contributed by atoms with van der Waals surface area (Å²) in [6, 6.07) is 0. The molecule has 2 rings (SSSR count). The number of rotatable bonds is 5. The zero-order valence-corrected chi connectivity index (χ0v) is 15.2. The molecule has 6 nitrogen and oxygen atoms in total. The zero-order chi connectivity index (χ0) is 18.2. The van der Waals surface area contributed by atoms with Gasteiger partial charge >= 0.3 is 11.9 Å². The molecule has 1 heterocycles. The molecule has 2 aliphatic rings. The largest absolute Gasteiger partial charge is 0.459 e. The Balaban J connectivity index is 2.15. The van der Waals surface area contributed by atoms with Gasteiger partial charge in [0, 0.05) is 11.8 Å². The minimum Gasteiger partial charge on any atom is -0.459 e. The fourth-order valence-corrected chi connectivity index (χ4v) is 3.25. The Bertz CT molecular complexity index is 572. The van der Waals surface area contributed by atoms with E-state index in [-0.39, 0.29) is 17.9 Å². The predicted molar refractivity (Wildman–Crippen MR) is 89.4 cm³/mol. The first-order valence-electron chi connectivity index (χ1n) is 8.33. The van der Waals surface area contributed by atoms with Crippen LogP contribution in [-0.4, -0.2) is 35.5 Å². The van der Waals surface area contributed by atoms with Crippen LogP contribution < -0.4 is 0 Å². The molecule has 1 saturated carbocycles. The van der Waals surface area contributed by atoms with E-state index in [2.05, 4.69) is 11.7 Å². The predicted octanol–water partition coefficient (Wildman–Crippen LogP) is 3.01. The van der Waals surface area contributed by atoms with Crippen molar-refractivity contribution in [3.8, 4) is 0 Å². The topological polar surface area (TPSA) is 74.2 Å². The molecule has 0 bridgehead atoms. The molecule has 0 aromatic carbocycles. The SMILES string of the molecule is C=CCOC(=O)C(C)(C)OC(=O)C12CCCC1C(C(C)(C)C)=NO2. The number of nitrogens with zero attached hydrogens (tertiary/aromatic N) is 1. The summed E-state index contributed by atoms with van der Waals surface area (Å²) in [6.07, 6.45) is 3.69. The fourth-order valence-electron chi connectivity index (χ4n) is 3.25. The van der Waals surface area contributed by atoms with Crippen LogP contribution in [0.15, 0.2) is 17.8 Å². The molecular formula is C18H27NO5. The van der Waals surface area contributed by atoms with E-state index in [1.165, 1.54) is 19.9 Å². The molecule has 24 heavy (non-hydrogen) atoms. The van der Waals surface area contributed by atoms with Crippen molar-refractivity contribution >= 4 is 17.7 Å². The van der Waals surface area contributed by atoms with Gasteiger partial charge in [-0.2, -0.15) is 0 Å². The summed E-state index contributed by atoms with van der Waals surface area (Å²) in [5, 5.41) is 4.20. The van der Waals surface area contributed by atoms with Crippen LogP contribution in [0.25, 0.3) is 0 Å². The van der Waals surface area contributed by atoms with Crippen LogP contribution in [0.1, 0.15) is 53.9 Å². The zero-order valence-electron chi connectivity index (χ0n) is 15.2. The van der Waals surface area contributed by atoms with Crippen molar-refractivity contribution in [2.75, 3.05) is 6.61 Å². The van der Waals surface area contributed by atoms with Crippen molar-refractivity contribution in [2.45, 2.75) is 65.1 Å². The van der Waals surface area contributed by atoms with E-state index in [4.69, 9.17) is 14.3 Å². The molecular weight excluding hydrogens is 310 g/mol. The Hall–Kier alpha value is -1.85. The number of hydrogen-bond acceptors (Lipinski definition) is 6. The van der Waals surface area contributed by atoms with Crippen molar-refractivity contribution in [1.29, 1.82) is 0 Å². The second-order valence-electron chi connectivity index (χ2n) is 7.94. The number of hydrogen-bond donors (Lipinski definition) is 0.